The van der Waals surface area contributed by atoms with Crippen molar-refractivity contribution in [3.05, 3.63) is 48.0 Å². The number of amides is 2. The molecule has 0 saturated heterocycles. The van der Waals surface area contributed by atoms with Gasteiger partial charge < -0.3 is 14.6 Å². The minimum atomic E-state index is -0.291. The Kier molecular flexibility index (Phi) is 4.04. The van der Waals surface area contributed by atoms with Crippen molar-refractivity contribution in [2.45, 2.75) is 19.9 Å². The molecule has 132 valence electrons. The molecule has 2 amide bonds. The molecule has 4 rings (SSSR count). The third kappa shape index (κ3) is 2.88. The third-order valence-electron chi connectivity index (χ3n) is 4.20. The molecule has 0 spiro atoms. The molecule has 0 unspecified atom stereocenters. The number of hydrogen-bond acceptors (Lipinski definition) is 4. The van der Waals surface area contributed by atoms with E-state index in [0.29, 0.717) is 22.9 Å². The summed E-state index contributed by atoms with van der Waals surface area (Å²) in [6.07, 6.45) is 0.922. The van der Waals surface area contributed by atoms with Gasteiger partial charge in [0.1, 0.15) is 5.75 Å². The lowest BCUT2D eigenvalue weighted by atomic mass is 10.1. The maximum absolute atomic E-state index is 12.7. The molecule has 0 fully saturated rings. The lowest BCUT2D eigenvalue weighted by molar-refractivity contribution is -0.118. The Morgan fingerprint density at radius 2 is 2.15 bits per heavy atom. The standard InChI is InChI=1S/C19H18N4O3/c1-2-9-23-15-6-4-3-5-13(15)21-19(23)22-18(25)12-7-8-16-14(10-12)20-17(24)11-26-16/h3-8,10H,2,9,11H2,1H3,(H,20,24)(H,21,22,25). The highest BCUT2D eigenvalue weighted by molar-refractivity contribution is 6.06. The summed E-state index contributed by atoms with van der Waals surface area (Å²) in [6.45, 7) is 2.82. The van der Waals surface area contributed by atoms with Gasteiger partial charge in [0.25, 0.3) is 11.8 Å². The molecule has 1 aliphatic heterocycles. The first-order chi connectivity index (χ1) is 12.7. The van der Waals surface area contributed by atoms with Gasteiger partial charge in [-0.15, -0.1) is 0 Å². The van der Waals surface area contributed by atoms with Gasteiger partial charge in [-0.05, 0) is 36.8 Å². The van der Waals surface area contributed by atoms with E-state index in [2.05, 4.69) is 22.5 Å². The summed E-state index contributed by atoms with van der Waals surface area (Å²) in [6, 6.07) is 12.7. The minimum Gasteiger partial charge on any atom is -0.482 e. The minimum absolute atomic E-state index is 0.0143. The van der Waals surface area contributed by atoms with Gasteiger partial charge in [0.2, 0.25) is 5.95 Å². The Morgan fingerprint density at radius 3 is 3.00 bits per heavy atom. The van der Waals surface area contributed by atoms with Crippen molar-refractivity contribution < 1.29 is 14.3 Å². The fraction of sp³-hybridized carbons (Fsp3) is 0.211. The van der Waals surface area contributed by atoms with Crippen molar-refractivity contribution >= 4 is 34.5 Å². The number of carbonyl (C=O) groups excluding carboxylic acids is 2. The summed E-state index contributed by atoms with van der Waals surface area (Å²) in [7, 11) is 0. The molecule has 3 aromatic rings. The zero-order chi connectivity index (χ0) is 18.1. The molecule has 1 aliphatic rings. The first kappa shape index (κ1) is 16.1. The van der Waals surface area contributed by atoms with Gasteiger partial charge in [0.05, 0.1) is 16.7 Å². The highest BCUT2D eigenvalue weighted by Crippen LogP contribution is 2.29. The van der Waals surface area contributed by atoms with E-state index in [-0.39, 0.29) is 18.4 Å². The molecule has 0 aliphatic carbocycles. The summed E-state index contributed by atoms with van der Waals surface area (Å²) in [5, 5.41) is 5.59. The monoisotopic (exact) mass is 350 g/mol. The van der Waals surface area contributed by atoms with Crippen LogP contribution < -0.4 is 15.4 Å². The van der Waals surface area contributed by atoms with Crippen LogP contribution in [0.1, 0.15) is 23.7 Å². The summed E-state index contributed by atoms with van der Waals surface area (Å²) in [5.41, 5.74) is 2.73. The summed E-state index contributed by atoms with van der Waals surface area (Å²) >= 11 is 0. The molecule has 7 heteroatoms. The average molecular weight is 350 g/mol. The summed E-state index contributed by atoms with van der Waals surface area (Å²) in [4.78, 5) is 28.7. The van der Waals surface area contributed by atoms with Crippen LogP contribution in [0.25, 0.3) is 11.0 Å². The van der Waals surface area contributed by atoms with Crippen LogP contribution in [-0.2, 0) is 11.3 Å². The number of fused-ring (bicyclic) bond motifs is 2. The number of carbonyl (C=O) groups is 2. The van der Waals surface area contributed by atoms with Gasteiger partial charge >= 0.3 is 0 Å². The molecular weight excluding hydrogens is 332 g/mol. The molecule has 2 aromatic carbocycles. The zero-order valence-corrected chi connectivity index (χ0v) is 14.3. The van der Waals surface area contributed by atoms with E-state index in [4.69, 9.17) is 4.74 Å². The third-order valence-corrected chi connectivity index (χ3v) is 4.20. The van der Waals surface area contributed by atoms with E-state index >= 15 is 0 Å². The molecule has 0 saturated carbocycles. The van der Waals surface area contributed by atoms with Crippen LogP contribution >= 0.6 is 0 Å². The smallest absolute Gasteiger partial charge is 0.262 e. The quantitative estimate of drug-likeness (QED) is 0.757. The Bertz CT molecular complexity index is 1010. The summed E-state index contributed by atoms with van der Waals surface area (Å²) in [5.74, 6) is 0.538. The molecule has 0 bridgehead atoms. The predicted molar refractivity (Wildman–Crippen MR) is 98.5 cm³/mol. The number of rotatable bonds is 4. The zero-order valence-electron chi connectivity index (χ0n) is 14.3. The van der Waals surface area contributed by atoms with Gasteiger partial charge in [-0.1, -0.05) is 19.1 Å². The molecular formula is C19H18N4O3. The number of nitrogens with one attached hydrogen (secondary N) is 2. The van der Waals surface area contributed by atoms with E-state index in [1.165, 1.54) is 0 Å². The van der Waals surface area contributed by atoms with Crippen molar-refractivity contribution in [2.24, 2.45) is 0 Å². The highest BCUT2D eigenvalue weighted by Gasteiger charge is 2.19. The second kappa shape index (κ2) is 6.51. The predicted octanol–water partition coefficient (Wildman–Crippen LogP) is 3.03. The maximum atomic E-state index is 12.7. The van der Waals surface area contributed by atoms with Crippen LogP contribution in [0.3, 0.4) is 0 Å². The number of imidazole rings is 1. The Balaban J connectivity index is 1.64. The molecule has 0 radical (unpaired) electrons. The molecule has 2 N–H and O–H groups in total. The van der Waals surface area contributed by atoms with Crippen LogP contribution in [0.4, 0.5) is 11.6 Å². The van der Waals surface area contributed by atoms with Crippen molar-refractivity contribution in [2.75, 3.05) is 17.2 Å². The van der Waals surface area contributed by atoms with E-state index < -0.39 is 0 Å². The number of hydrogen-bond donors (Lipinski definition) is 2. The van der Waals surface area contributed by atoms with Crippen molar-refractivity contribution in [3.63, 3.8) is 0 Å². The van der Waals surface area contributed by atoms with Crippen LogP contribution in [-0.4, -0.2) is 28.0 Å². The van der Waals surface area contributed by atoms with Crippen molar-refractivity contribution in [1.82, 2.24) is 9.55 Å². The van der Waals surface area contributed by atoms with Crippen LogP contribution in [0.15, 0.2) is 42.5 Å². The summed E-state index contributed by atoms with van der Waals surface area (Å²) < 4.78 is 7.32. The maximum Gasteiger partial charge on any atom is 0.262 e. The average Bonchev–Trinajstić information content (AvgIpc) is 2.99. The van der Waals surface area contributed by atoms with Gasteiger partial charge in [0, 0.05) is 12.1 Å². The van der Waals surface area contributed by atoms with Crippen molar-refractivity contribution in [3.8, 4) is 5.75 Å². The largest absolute Gasteiger partial charge is 0.482 e. The Hall–Kier alpha value is -3.35. The first-order valence-corrected chi connectivity index (χ1v) is 8.49. The number of para-hydroxylation sites is 2. The second-order valence-electron chi connectivity index (χ2n) is 6.08. The second-order valence-corrected chi connectivity index (χ2v) is 6.08. The van der Waals surface area contributed by atoms with Gasteiger partial charge in [-0.2, -0.15) is 0 Å². The van der Waals surface area contributed by atoms with Gasteiger partial charge in [-0.3, -0.25) is 14.9 Å². The van der Waals surface area contributed by atoms with E-state index in [0.717, 1.165) is 24.0 Å². The SMILES string of the molecule is CCCn1c(NC(=O)c2ccc3c(c2)NC(=O)CO3)nc2ccccc21. The van der Waals surface area contributed by atoms with Crippen LogP contribution in [0.5, 0.6) is 5.75 Å². The molecule has 7 nitrogen and oxygen atoms in total. The fourth-order valence-corrected chi connectivity index (χ4v) is 3.02. The Labute approximate surface area is 150 Å². The van der Waals surface area contributed by atoms with Gasteiger partial charge in [0.15, 0.2) is 6.61 Å². The molecule has 26 heavy (non-hydrogen) atoms. The topological polar surface area (TPSA) is 85.2 Å². The van der Waals surface area contributed by atoms with Crippen LogP contribution in [0, 0.1) is 0 Å². The number of aryl methyl sites for hydroxylation is 1. The first-order valence-electron chi connectivity index (χ1n) is 8.49. The fourth-order valence-electron chi connectivity index (χ4n) is 3.02. The van der Waals surface area contributed by atoms with Crippen LogP contribution in [0.2, 0.25) is 0 Å². The highest BCUT2D eigenvalue weighted by atomic mass is 16.5. The lowest BCUT2D eigenvalue weighted by Crippen LogP contribution is -2.26. The number of ether oxygens (including phenoxy) is 1. The number of aromatic nitrogens is 2. The molecule has 1 aromatic heterocycles. The molecule has 0 atom stereocenters. The van der Waals surface area contributed by atoms with Gasteiger partial charge in [-0.25, -0.2) is 4.98 Å². The number of nitrogens with zero attached hydrogens (tertiary/aromatic N) is 2. The number of anilines is 2. The van der Waals surface area contributed by atoms with E-state index in [1.54, 1.807) is 18.2 Å². The number of benzene rings is 2. The lowest BCUT2D eigenvalue weighted by Gasteiger charge is -2.18. The van der Waals surface area contributed by atoms with E-state index in [1.807, 2.05) is 28.8 Å². The normalized spacial score (nSPS) is 13.0. The van der Waals surface area contributed by atoms with Crippen molar-refractivity contribution in [1.29, 1.82) is 0 Å². The Morgan fingerprint density at radius 1 is 1.31 bits per heavy atom. The molecule has 2 heterocycles. The van der Waals surface area contributed by atoms with E-state index in [9.17, 15) is 9.59 Å².